The van der Waals surface area contributed by atoms with Crippen LogP contribution < -0.4 is 5.73 Å². The highest BCUT2D eigenvalue weighted by molar-refractivity contribution is 9.13. The Morgan fingerprint density at radius 2 is 2.00 bits per heavy atom. The molecular weight excluding hydrogens is 326 g/mol. The van der Waals surface area contributed by atoms with E-state index in [1.807, 2.05) is 0 Å². The van der Waals surface area contributed by atoms with Gasteiger partial charge in [0.1, 0.15) is 0 Å². The van der Waals surface area contributed by atoms with Crippen molar-refractivity contribution in [1.29, 1.82) is 0 Å². The molecule has 0 saturated heterocycles. The van der Waals surface area contributed by atoms with Gasteiger partial charge in [-0.1, -0.05) is 12.8 Å². The van der Waals surface area contributed by atoms with Crippen LogP contribution in [0.1, 0.15) is 36.6 Å². The lowest BCUT2D eigenvalue weighted by Gasteiger charge is -2.16. The lowest BCUT2D eigenvalue weighted by atomic mass is 9.98. The zero-order valence-corrected chi connectivity index (χ0v) is 11.8. The Hall–Kier alpha value is 0.620. The second-order valence-electron chi connectivity index (χ2n) is 3.84. The van der Waals surface area contributed by atoms with Crippen LogP contribution in [0.5, 0.6) is 0 Å². The van der Waals surface area contributed by atoms with Crippen molar-refractivity contribution in [3.05, 3.63) is 19.2 Å². The molecule has 1 aliphatic rings. The van der Waals surface area contributed by atoms with Crippen LogP contribution in [0, 0.1) is 5.92 Å². The van der Waals surface area contributed by atoms with E-state index in [9.17, 15) is 0 Å². The van der Waals surface area contributed by atoms with Gasteiger partial charge in [-0.3, -0.25) is 0 Å². The molecule has 1 fully saturated rings. The molecule has 0 spiro atoms. The smallest absolute Gasteiger partial charge is 0.0843 e. The summed E-state index contributed by atoms with van der Waals surface area (Å²) in [5, 5.41) is 0. The largest absolute Gasteiger partial charge is 0.323 e. The van der Waals surface area contributed by atoms with E-state index in [1.165, 1.54) is 30.6 Å². The van der Waals surface area contributed by atoms with Gasteiger partial charge in [-0.25, -0.2) is 0 Å². The average molecular weight is 339 g/mol. The molecule has 0 bridgehead atoms. The molecule has 1 aromatic rings. The predicted molar refractivity (Wildman–Crippen MR) is 68.6 cm³/mol. The second-order valence-corrected chi connectivity index (χ2v) is 7.10. The summed E-state index contributed by atoms with van der Waals surface area (Å²) in [7, 11) is 0. The van der Waals surface area contributed by atoms with Gasteiger partial charge in [0.25, 0.3) is 0 Å². The van der Waals surface area contributed by atoms with E-state index >= 15 is 0 Å². The monoisotopic (exact) mass is 337 g/mol. The first-order valence-corrected chi connectivity index (χ1v) is 7.29. The first-order valence-electron chi connectivity index (χ1n) is 4.89. The third kappa shape index (κ3) is 2.23. The Bertz CT molecular complexity index is 298. The lowest BCUT2D eigenvalue weighted by Crippen LogP contribution is -2.17. The maximum atomic E-state index is 6.25. The van der Waals surface area contributed by atoms with Gasteiger partial charge in [0.05, 0.1) is 3.79 Å². The summed E-state index contributed by atoms with van der Waals surface area (Å²) in [6.07, 6.45) is 5.31. The topological polar surface area (TPSA) is 26.0 Å². The van der Waals surface area contributed by atoms with Gasteiger partial charge in [0.2, 0.25) is 0 Å². The van der Waals surface area contributed by atoms with Gasteiger partial charge in [0, 0.05) is 15.4 Å². The molecule has 1 heterocycles. The van der Waals surface area contributed by atoms with E-state index in [4.69, 9.17) is 5.73 Å². The Balaban J connectivity index is 2.13. The van der Waals surface area contributed by atoms with Gasteiger partial charge >= 0.3 is 0 Å². The SMILES string of the molecule is NC(c1cc(Br)c(Br)s1)C1CCCC1. The van der Waals surface area contributed by atoms with E-state index in [0.29, 0.717) is 5.92 Å². The summed E-state index contributed by atoms with van der Waals surface area (Å²) in [4.78, 5) is 1.30. The van der Waals surface area contributed by atoms with Crippen molar-refractivity contribution >= 4 is 43.2 Å². The molecular formula is C10H13Br2NS. The molecule has 1 aromatic heterocycles. The standard InChI is InChI=1S/C10H13Br2NS/c11-7-5-8(14-10(7)12)9(13)6-3-1-2-4-6/h5-6,9H,1-4,13H2. The Morgan fingerprint density at radius 1 is 1.36 bits per heavy atom. The van der Waals surface area contributed by atoms with Crippen LogP contribution in [0.25, 0.3) is 0 Å². The van der Waals surface area contributed by atoms with E-state index in [1.54, 1.807) is 11.3 Å². The van der Waals surface area contributed by atoms with Crippen LogP contribution in [0.15, 0.2) is 14.3 Å². The Kier molecular flexibility index (Phi) is 3.68. The third-order valence-corrected chi connectivity index (χ3v) is 6.26. The van der Waals surface area contributed by atoms with Crippen LogP contribution in [0.4, 0.5) is 0 Å². The highest BCUT2D eigenvalue weighted by Gasteiger charge is 2.24. The van der Waals surface area contributed by atoms with E-state index in [2.05, 4.69) is 37.9 Å². The molecule has 0 amide bonds. The number of nitrogens with two attached hydrogens (primary N) is 1. The fourth-order valence-corrected chi connectivity index (χ4v) is 4.26. The van der Waals surface area contributed by atoms with Crippen molar-refractivity contribution in [1.82, 2.24) is 0 Å². The average Bonchev–Trinajstić information content (AvgIpc) is 2.76. The summed E-state index contributed by atoms with van der Waals surface area (Å²) >= 11 is 8.76. The summed E-state index contributed by atoms with van der Waals surface area (Å²) in [6, 6.07) is 2.39. The molecule has 2 rings (SSSR count). The van der Waals surface area contributed by atoms with Gasteiger partial charge in [-0.05, 0) is 56.7 Å². The van der Waals surface area contributed by atoms with E-state index in [-0.39, 0.29) is 6.04 Å². The summed E-state index contributed by atoms with van der Waals surface area (Å²) in [6.45, 7) is 0. The normalized spacial score (nSPS) is 20.2. The van der Waals surface area contributed by atoms with Crippen molar-refractivity contribution < 1.29 is 0 Å². The minimum Gasteiger partial charge on any atom is -0.323 e. The number of hydrogen-bond acceptors (Lipinski definition) is 2. The van der Waals surface area contributed by atoms with Crippen molar-refractivity contribution in [3.8, 4) is 0 Å². The highest BCUT2D eigenvalue weighted by Crippen LogP contribution is 2.40. The molecule has 14 heavy (non-hydrogen) atoms. The second kappa shape index (κ2) is 4.64. The minimum absolute atomic E-state index is 0.241. The fraction of sp³-hybridized carbons (Fsp3) is 0.600. The molecule has 78 valence electrons. The van der Waals surface area contributed by atoms with E-state index < -0.39 is 0 Å². The van der Waals surface area contributed by atoms with Crippen molar-refractivity contribution in [3.63, 3.8) is 0 Å². The van der Waals surface area contributed by atoms with Gasteiger partial charge in [-0.15, -0.1) is 11.3 Å². The number of rotatable bonds is 2. The third-order valence-electron chi connectivity index (χ3n) is 2.90. The van der Waals surface area contributed by atoms with Crippen molar-refractivity contribution in [2.24, 2.45) is 11.7 Å². The quantitative estimate of drug-likeness (QED) is 0.846. The summed E-state index contributed by atoms with van der Waals surface area (Å²) in [5.74, 6) is 0.701. The number of hydrogen-bond donors (Lipinski definition) is 1. The molecule has 4 heteroatoms. The molecule has 0 aromatic carbocycles. The fourth-order valence-electron chi connectivity index (χ4n) is 2.08. The van der Waals surface area contributed by atoms with Gasteiger partial charge in [0.15, 0.2) is 0 Å². The maximum Gasteiger partial charge on any atom is 0.0843 e. The molecule has 1 unspecified atom stereocenters. The van der Waals surface area contributed by atoms with Gasteiger partial charge in [-0.2, -0.15) is 0 Å². The highest BCUT2D eigenvalue weighted by atomic mass is 79.9. The summed E-state index contributed by atoms with van der Waals surface area (Å²) in [5.41, 5.74) is 6.25. The van der Waals surface area contributed by atoms with Crippen molar-refractivity contribution in [2.45, 2.75) is 31.7 Å². The molecule has 2 N–H and O–H groups in total. The first kappa shape index (κ1) is 11.1. The zero-order chi connectivity index (χ0) is 10.1. The van der Waals surface area contributed by atoms with Crippen LogP contribution in [-0.2, 0) is 0 Å². The van der Waals surface area contributed by atoms with Crippen LogP contribution in [-0.4, -0.2) is 0 Å². The molecule has 0 aliphatic heterocycles. The van der Waals surface area contributed by atoms with Gasteiger partial charge < -0.3 is 5.73 Å². The molecule has 0 radical (unpaired) electrons. The minimum atomic E-state index is 0.241. The van der Waals surface area contributed by atoms with Crippen LogP contribution in [0.3, 0.4) is 0 Å². The molecule has 1 nitrogen and oxygen atoms in total. The number of thiophene rings is 1. The van der Waals surface area contributed by atoms with Crippen LogP contribution >= 0.6 is 43.2 Å². The molecule has 1 saturated carbocycles. The molecule has 1 atom stereocenters. The first-order chi connectivity index (χ1) is 6.68. The lowest BCUT2D eigenvalue weighted by molar-refractivity contribution is 0.450. The maximum absolute atomic E-state index is 6.25. The summed E-state index contributed by atoms with van der Waals surface area (Å²) < 4.78 is 2.28. The molecule has 1 aliphatic carbocycles. The Morgan fingerprint density at radius 3 is 2.50 bits per heavy atom. The Labute approximate surface area is 105 Å². The van der Waals surface area contributed by atoms with E-state index in [0.717, 1.165) is 8.26 Å². The zero-order valence-electron chi connectivity index (χ0n) is 7.80. The van der Waals surface area contributed by atoms with Crippen LogP contribution in [0.2, 0.25) is 0 Å². The number of halogens is 2. The predicted octanol–water partition coefficient (Wildman–Crippen LogP) is 4.46. The van der Waals surface area contributed by atoms with Crippen molar-refractivity contribution in [2.75, 3.05) is 0 Å².